The molecule has 0 bridgehead atoms. The van der Waals surface area contributed by atoms with Crippen LogP contribution in [0.15, 0.2) is 0 Å². The molecule has 0 aromatic heterocycles. The fourth-order valence-electron chi connectivity index (χ4n) is 3.04. The number of carbonyl (C=O) groups is 1. The van der Waals surface area contributed by atoms with Gasteiger partial charge in [0.05, 0.1) is 12.1 Å². The summed E-state index contributed by atoms with van der Waals surface area (Å²) >= 11 is 0. The van der Waals surface area contributed by atoms with Crippen LogP contribution in [0.4, 0.5) is 8.78 Å². The van der Waals surface area contributed by atoms with Gasteiger partial charge in [-0.1, -0.05) is 12.8 Å². The predicted molar refractivity (Wildman–Crippen MR) is 63.3 cm³/mol. The maximum Gasteiger partial charge on any atom is 0.248 e. The third kappa shape index (κ3) is 2.99. The number of aliphatic hydroxyl groups is 1. The van der Waals surface area contributed by atoms with Crippen molar-refractivity contribution >= 4 is 5.91 Å². The number of halogens is 2. The summed E-state index contributed by atoms with van der Waals surface area (Å²) in [5.41, 5.74) is -0.489. The SMILES string of the molecule is O=C(NC1(CO)CCCC1)C1CCC(F)(F)CC1. The van der Waals surface area contributed by atoms with Crippen molar-refractivity contribution in [3.05, 3.63) is 0 Å². The zero-order chi connectivity index (χ0) is 13.2. The molecule has 104 valence electrons. The molecule has 2 saturated carbocycles. The lowest BCUT2D eigenvalue weighted by atomic mass is 9.85. The second-order valence-corrected chi connectivity index (χ2v) is 5.77. The lowest BCUT2D eigenvalue weighted by molar-refractivity contribution is -0.131. The van der Waals surface area contributed by atoms with Gasteiger partial charge in [-0.25, -0.2) is 8.78 Å². The highest BCUT2D eigenvalue weighted by atomic mass is 19.3. The quantitative estimate of drug-likeness (QED) is 0.818. The first kappa shape index (κ1) is 13.7. The number of rotatable bonds is 3. The maximum atomic E-state index is 13.0. The van der Waals surface area contributed by atoms with Gasteiger partial charge in [0.25, 0.3) is 0 Å². The van der Waals surface area contributed by atoms with E-state index in [2.05, 4.69) is 5.32 Å². The molecule has 2 rings (SSSR count). The molecule has 2 N–H and O–H groups in total. The van der Waals surface area contributed by atoms with E-state index in [0.29, 0.717) is 0 Å². The average Bonchev–Trinajstić information content (AvgIpc) is 2.78. The highest BCUT2D eigenvalue weighted by Gasteiger charge is 2.40. The molecule has 2 aliphatic rings. The molecule has 0 atom stereocenters. The van der Waals surface area contributed by atoms with Gasteiger partial charge in [0, 0.05) is 18.8 Å². The summed E-state index contributed by atoms with van der Waals surface area (Å²) < 4.78 is 26.0. The van der Waals surface area contributed by atoms with Gasteiger partial charge in [-0.2, -0.15) is 0 Å². The van der Waals surface area contributed by atoms with Crippen molar-refractivity contribution in [2.75, 3.05) is 6.61 Å². The van der Waals surface area contributed by atoms with Crippen molar-refractivity contribution in [2.45, 2.75) is 62.8 Å². The molecule has 0 saturated heterocycles. The molecule has 0 radical (unpaired) electrons. The number of aliphatic hydroxyl groups excluding tert-OH is 1. The van der Waals surface area contributed by atoms with Gasteiger partial charge in [-0.3, -0.25) is 4.79 Å². The normalized spacial score (nSPS) is 27.1. The highest BCUT2D eigenvalue weighted by Crippen LogP contribution is 2.37. The molecule has 1 amide bonds. The van der Waals surface area contributed by atoms with Crippen LogP contribution in [0.1, 0.15) is 51.4 Å². The molecular formula is C13H21F2NO2. The molecule has 3 nitrogen and oxygen atoms in total. The van der Waals surface area contributed by atoms with Crippen molar-refractivity contribution in [3.8, 4) is 0 Å². The Morgan fingerprint density at radius 1 is 1.17 bits per heavy atom. The first-order valence-electron chi connectivity index (χ1n) is 6.77. The zero-order valence-electron chi connectivity index (χ0n) is 10.6. The van der Waals surface area contributed by atoms with Crippen LogP contribution in [0.2, 0.25) is 0 Å². The summed E-state index contributed by atoms with van der Waals surface area (Å²) in [6.07, 6.45) is 3.69. The number of amides is 1. The van der Waals surface area contributed by atoms with Crippen molar-refractivity contribution in [2.24, 2.45) is 5.92 Å². The average molecular weight is 261 g/mol. The number of alkyl halides is 2. The Hall–Kier alpha value is -0.710. The Bertz CT molecular complexity index is 304. The van der Waals surface area contributed by atoms with Crippen molar-refractivity contribution < 1.29 is 18.7 Å². The molecule has 0 aromatic rings. The number of hydrogen-bond acceptors (Lipinski definition) is 2. The van der Waals surface area contributed by atoms with E-state index >= 15 is 0 Å². The summed E-state index contributed by atoms with van der Waals surface area (Å²) in [6.45, 7) is -0.0539. The van der Waals surface area contributed by atoms with E-state index in [1.54, 1.807) is 0 Å². The molecule has 0 aromatic carbocycles. The Kier molecular flexibility index (Phi) is 3.90. The van der Waals surface area contributed by atoms with E-state index in [1.807, 2.05) is 0 Å². The van der Waals surface area contributed by atoms with Gasteiger partial charge in [0.2, 0.25) is 11.8 Å². The van der Waals surface area contributed by atoms with Crippen LogP contribution in [0.25, 0.3) is 0 Å². The van der Waals surface area contributed by atoms with Crippen LogP contribution in [-0.4, -0.2) is 29.1 Å². The Balaban J connectivity index is 1.88. The second kappa shape index (κ2) is 5.11. The van der Waals surface area contributed by atoms with Crippen molar-refractivity contribution in [1.29, 1.82) is 0 Å². The van der Waals surface area contributed by atoms with Crippen molar-refractivity contribution in [3.63, 3.8) is 0 Å². The van der Waals surface area contributed by atoms with Gasteiger partial charge < -0.3 is 10.4 Å². The number of nitrogens with one attached hydrogen (secondary N) is 1. The monoisotopic (exact) mass is 261 g/mol. The third-order valence-electron chi connectivity index (χ3n) is 4.34. The smallest absolute Gasteiger partial charge is 0.248 e. The van der Waals surface area contributed by atoms with Gasteiger partial charge >= 0.3 is 0 Å². The van der Waals surface area contributed by atoms with Crippen LogP contribution in [-0.2, 0) is 4.79 Å². The van der Waals surface area contributed by atoms with Crippen LogP contribution in [0, 0.1) is 5.92 Å². The Morgan fingerprint density at radius 3 is 2.22 bits per heavy atom. The molecule has 0 aliphatic heterocycles. The van der Waals surface area contributed by atoms with E-state index < -0.39 is 11.5 Å². The maximum absolute atomic E-state index is 13.0. The first-order chi connectivity index (χ1) is 8.46. The summed E-state index contributed by atoms with van der Waals surface area (Å²) in [5, 5.41) is 12.3. The van der Waals surface area contributed by atoms with E-state index in [0.717, 1.165) is 25.7 Å². The summed E-state index contributed by atoms with van der Waals surface area (Å²) in [6, 6.07) is 0. The van der Waals surface area contributed by atoms with Crippen molar-refractivity contribution in [1.82, 2.24) is 5.32 Å². The van der Waals surface area contributed by atoms with Gasteiger partial charge in [-0.15, -0.1) is 0 Å². The third-order valence-corrected chi connectivity index (χ3v) is 4.34. The Morgan fingerprint density at radius 2 is 1.72 bits per heavy atom. The van der Waals surface area contributed by atoms with E-state index in [9.17, 15) is 18.7 Å². The minimum absolute atomic E-state index is 0.0539. The molecule has 2 fully saturated rings. The zero-order valence-corrected chi connectivity index (χ0v) is 10.6. The molecule has 5 heteroatoms. The summed E-state index contributed by atoms with van der Waals surface area (Å²) in [7, 11) is 0. The highest BCUT2D eigenvalue weighted by molar-refractivity contribution is 5.79. The van der Waals surface area contributed by atoms with E-state index in [4.69, 9.17) is 0 Å². The Labute approximate surface area is 106 Å². The minimum atomic E-state index is -2.60. The van der Waals surface area contributed by atoms with Crippen LogP contribution in [0.3, 0.4) is 0 Å². The van der Waals surface area contributed by atoms with Crippen LogP contribution in [0.5, 0.6) is 0 Å². The van der Waals surface area contributed by atoms with Gasteiger partial charge in [0.1, 0.15) is 0 Å². The second-order valence-electron chi connectivity index (χ2n) is 5.77. The molecular weight excluding hydrogens is 240 g/mol. The summed E-state index contributed by atoms with van der Waals surface area (Å²) in [4.78, 5) is 12.1. The predicted octanol–water partition coefficient (Wildman–Crippen LogP) is 2.23. The lowest BCUT2D eigenvalue weighted by Crippen LogP contribution is -2.51. The standard InChI is InChI=1S/C13H21F2NO2/c14-13(15)7-3-10(4-8-13)11(18)16-12(9-17)5-1-2-6-12/h10,17H,1-9H2,(H,16,18). The summed E-state index contributed by atoms with van der Waals surface area (Å²) in [5.74, 6) is -3.06. The lowest BCUT2D eigenvalue weighted by Gasteiger charge is -2.33. The van der Waals surface area contributed by atoms with Crippen LogP contribution < -0.4 is 5.32 Å². The van der Waals surface area contributed by atoms with Crippen LogP contribution >= 0.6 is 0 Å². The largest absolute Gasteiger partial charge is 0.394 e. The van der Waals surface area contributed by atoms with E-state index in [1.165, 1.54) is 0 Å². The minimum Gasteiger partial charge on any atom is -0.394 e. The fourth-order valence-corrected chi connectivity index (χ4v) is 3.04. The molecule has 0 heterocycles. The molecule has 0 spiro atoms. The van der Waals surface area contributed by atoms with Gasteiger partial charge in [-0.05, 0) is 25.7 Å². The van der Waals surface area contributed by atoms with E-state index in [-0.39, 0.29) is 44.1 Å². The van der Waals surface area contributed by atoms with Gasteiger partial charge in [0.15, 0.2) is 0 Å². The topological polar surface area (TPSA) is 49.3 Å². The fraction of sp³-hybridized carbons (Fsp3) is 0.923. The number of carbonyl (C=O) groups excluding carboxylic acids is 1. The molecule has 2 aliphatic carbocycles. The molecule has 18 heavy (non-hydrogen) atoms. The number of hydrogen-bond donors (Lipinski definition) is 2. The first-order valence-corrected chi connectivity index (χ1v) is 6.77. The molecule has 0 unspecified atom stereocenters.